The fourth-order valence-corrected chi connectivity index (χ4v) is 2.30. The number of aromatic nitrogens is 1. The Balaban J connectivity index is 2.20. The molecule has 0 aliphatic heterocycles. The maximum Gasteiger partial charge on any atom is 0.168 e. The minimum Gasteiger partial charge on any atom is -0.205 e. The van der Waals surface area contributed by atoms with E-state index in [4.69, 9.17) is 6.85 Å². The topological polar surface area (TPSA) is 3.88 Å². The highest BCUT2D eigenvalue weighted by atomic mass is 14.9. The van der Waals surface area contributed by atoms with Crippen LogP contribution in [0.15, 0.2) is 30.5 Å². The Hall–Kier alpha value is -0.850. The van der Waals surface area contributed by atoms with Gasteiger partial charge in [0.1, 0.15) is 9.29 Å². The van der Waals surface area contributed by atoms with Gasteiger partial charge >= 0.3 is 0 Å². The first-order chi connectivity index (χ1) is 11.5. The first-order valence-corrected chi connectivity index (χ1v) is 7.97. The van der Waals surface area contributed by atoms with Crippen molar-refractivity contribution >= 4 is 0 Å². The van der Waals surface area contributed by atoms with Crippen molar-refractivity contribution in [1.82, 2.24) is 0 Å². The summed E-state index contributed by atoms with van der Waals surface area (Å²) >= 11 is 0. The van der Waals surface area contributed by atoms with Crippen molar-refractivity contribution in [3.63, 3.8) is 0 Å². The van der Waals surface area contributed by atoms with Crippen LogP contribution in [0.5, 0.6) is 0 Å². The average Bonchev–Trinajstić information content (AvgIpc) is 2.58. The van der Waals surface area contributed by atoms with Crippen LogP contribution >= 0.6 is 0 Å². The first kappa shape index (κ1) is 9.96. The molecule has 0 unspecified atom stereocenters. The molecule has 108 valence electrons. The van der Waals surface area contributed by atoms with E-state index in [1.54, 1.807) is 0 Å². The fourth-order valence-electron chi connectivity index (χ4n) is 2.30. The number of pyridine rings is 1. The summed E-state index contributed by atoms with van der Waals surface area (Å²) in [5.74, 6) is 0. The Morgan fingerprint density at radius 1 is 0.684 bits per heavy atom. The highest BCUT2D eigenvalue weighted by Gasteiger charge is 1.97. The van der Waals surface area contributed by atoms with Gasteiger partial charge in [-0.25, -0.2) is 4.57 Å². The van der Waals surface area contributed by atoms with Gasteiger partial charge in [0.2, 0.25) is 0 Å². The van der Waals surface area contributed by atoms with E-state index in [9.17, 15) is 0 Å². The average molecular weight is 267 g/mol. The molecule has 0 aliphatic rings. The van der Waals surface area contributed by atoms with E-state index in [1.807, 2.05) is 0 Å². The zero-order valence-electron chi connectivity index (χ0n) is 17.4. The first-order valence-electron chi connectivity index (χ1n) is 10.5. The van der Waals surface area contributed by atoms with Crippen LogP contribution < -0.4 is 4.57 Å². The molecule has 0 atom stereocenters. The molecule has 0 aromatic carbocycles. The molecule has 0 saturated heterocycles. The Labute approximate surface area is 127 Å². The summed E-state index contributed by atoms with van der Waals surface area (Å²) in [5.41, 5.74) is 0. The van der Waals surface area contributed by atoms with Crippen LogP contribution in [0, 0.1) is 0 Å². The van der Waals surface area contributed by atoms with Gasteiger partial charge in [0.05, 0.1) is 4.11 Å². The standard InChI is InChI=1S/C18H32N/c1-2-3-4-5-6-7-8-9-10-11-13-16-19-17-14-12-15-18-19/h12,14-15,17-18H,2-11,13,16H2,1H3/q+1/i12D,14D,15D,17D,18D. The minimum atomic E-state index is -0.319. The van der Waals surface area contributed by atoms with Crippen molar-refractivity contribution in [3.8, 4) is 0 Å². The fraction of sp³-hybridized carbons (Fsp3) is 0.722. The second-order valence-corrected chi connectivity index (χ2v) is 5.29. The van der Waals surface area contributed by atoms with Gasteiger partial charge in [-0.15, -0.1) is 0 Å². The van der Waals surface area contributed by atoms with Gasteiger partial charge in [-0.3, -0.25) is 0 Å². The summed E-state index contributed by atoms with van der Waals surface area (Å²) in [7, 11) is 0. The highest BCUT2D eigenvalue weighted by Crippen LogP contribution is 2.11. The third-order valence-corrected chi connectivity index (χ3v) is 3.49. The summed E-state index contributed by atoms with van der Waals surface area (Å²) in [4.78, 5) is 0. The van der Waals surface area contributed by atoms with Crippen LogP contribution in [0.4, 0.5) is 0 Å². The van der Waals surface area contributed by atoms with Crippen LogP contribution in [0.3, 0.4) is 0 Å². The van der Waals surface area contributed by atoms with Crippen LogP contribution in [-0.4, -0.2) is 0 Å². The van der Waals surface area contributed by atoms with Crippen LogP contribution in [-0.2, 0) is 6.54 Å². The number of hydrogen-bond donors (Lipinski definition) is 0. The molecule has 1 aromatic rings. The van der Waals surface area contributed by atoms with Gasteiger partial charge in [-0.05, 0) is 6.42 Å². The van der Waals surface area contributed by atoms with Crippen molar-refractivity contribution in [2.45, 2.75) is 84.1 Å². The monoisotopic (exact) mass is 267 g/mol. The molecule has 0 aliphatic carbocycles. The maximum absolute atomic E-state index is 7.87. The smallest absolute Gasteiger partial charge is 0.168 e. The molecule has 0 fully saturated rings. The van der Waals surface area contributed by atoms with E-state index in [0.29, 0.717) is 6.54 Å². The van der Waals surface area contributed by atoms with Gasteiger partial charge < -0.3 is 0 Å². The lowest BCUT2D eigenvalue weighted by Gasteiger charge is -2.01. The number of rotatable bonds is 12. The molecule has 0 amide bonds. The quantitative estimate of drug-likeness (QED) is 0.358. The van der Waals surface area contributed by atoms with Crippen molar-refractivity contribution in [2.75, 3.05) is 0 Å². The van der Waals surface area contributed by atoms with Gasteiger partial charge in [0, 0.05) is 18.5 Å². The third kappa shape index (κ3) is 9.69. The van der Waals surface area contributed by atoms with Crippen molar-refractivity contribution in [3.05, 3.63) is 30.5 Å². The zero-order valence-corrected chi connectivity index (χ0v) is 12.4. The van der Waals surface area contributed by atoms with E-state index in [2.05, 4.69) is 6.92 Å². The molecule has 0 N–H and O–H groups in total. The lowest BCUT2D eigenvalue weighted by Crippen LogP contribution is -2.32. The van der Waals surface area contributed by atoms with Crippen molar-refractivity contribution < 1.29 is 11.4 Å². The van der Waals surface area contributed by atoms with Gasteiger partial charge in [0.15, 0.2) is 12.3 Å². The molecule has 1 rings (SSSR count). The Kier molecular flexibility index (Phi) is 6.39. The summed E-state index contributed by atoms with van der Waals surface area (Å²) in [6, 6.07) is -0.821. The van der Waals surface area contributed by atoms with E-state index < -0.39 is 0 Å². The lowest BCUT2D eigenvalue weighted by atomic mass is 10.1. The van der Waals surface area contributed by atoms with Crippen LogP contribution in [0.25, 0.3) is 0 Å². The molecule has 0 saturated carbocycles. The van der Waals surface area contributed by atoms with E-state index in [0.717, 1.165) is 19.3 Å². The van der Waals surface area contributed by atoms with Gasteiger partial charge in [-0.2, -0.15) is 0 Å². The summed E-state index contributed by atoms with van der Waals surface area (Å²) < 4.78 is 40.0. The molecule has 1 nitrogen and oxygen atoms in total. The lowest BCUT2D eigenvalue weighted by molar-refractivity contribution is -0.697. The second kappa shape index (κ2) is 12.2. The number of nitrogens with zero attached hydrogens (tertiary/aromatic N) is 1. The third-order valence-electron chi connectivity index (χ3n) is 3.49. The Morgan fingerprint density at radius 2 is 1.16 bits per heavy atom. The summed E-state index contributed by atoms with van der Waals surface area (Å²) in [6.07, 6.45) is 13.4. The van der Waals surface area contributed by atoms with E-state index in [-0.39, 0.29) is 30.5 Å². The molecule has 0 radical (unpaired) electrons. The Morgan fingerprint density at radius 3 is 1.68 bits per heavy atom. The molecule has 1 heteroatoms. The zero-order chi connectivity index (χ0) is 17.9. The van der Waals surface area contributed by atoms with Crippen molar-refractivity contribution in [2.24, 2.45) is 0 Å². The predicted octanol–water partition coefficient (Wildman–Crippen LogP) is 5.29. The Bertz CT molecular complexity index is 476. The SMILES string of the molecule is [2H]c1c([2H])c([2H])[n+](CCCCCCCCCCCCC)c([2H])c1[2H]. The number of unbranched alkanes of at least 4 members (excludes halogenated alkanes) is 10. The van der Waals surface area contributed by atoms with Gasteiger partial charge in [-0.1, -0.05) is 70.8 Å². The molecule has 19 heavy (non-hydrogen) atoms. The minimum absolute atomic E-state index is 0.118. The van der Waals surface area contributed by atoms with Crippen LogP contribution in [0.2, 0.25) is 0 Å². The summed E-state index contributed by atoms with van der Waals surface area (Å²) in [6.45, 7) is 2.73. The van der Waals surface area contributed by atoms with E-state index >= 15 is 0 Å². The number of hydrogen-bond acceptors (Lipinski definition) is 0. The molecule has 0 spiro atoms. The molecule has 1 heterocycles. The van der Waals surface area contributed by atoms with Crippen LogP contribution in [0.1, 0.15) is 84.4 Å². The van der Waals surface area contributed by atoms with E-state index in [1.165, 1.54) is 55.9 Å². The molecular weight excluding hydrogens is 230 g/mol. The van der Waals surface area contributed by atoms with Crippen molar-refractivity contribution in [1.29, 1.82) is 0 Å². The second-order valence-electron chi connectivity index (χ2n) is 5.29. The predicted molar refractivity (Wildman–Crippen MR) is 83.1 cm³/mol. The highest BCUT2D eigenvalue weighted by molar-refractivity contribution is 4.83. The largest absolute Gasteiger partial charge is 0.205 e. The molecule has 0 bridgehead atoms. The molecular formula is C18H32N+. The van der Waals surface area contributed by atoms with Gasteiger partial charge in [0.25, 0.3) is 0 Å². The summed E-state index contributed by atoms with van der Waals surface area (Å²) in [5, 5.41) is 0. The normalized spacial score (nSPS) is 14.5. The maximum atomic E-state index is 7.87. The molecule has 1 aromatic heterocycles.